The molecule has 2 aliphatic rings. The number of hydrogen-bond acceptors (Lipinski definition) is 6. The summed E-state index contributed by atoms with van der Waals surface area (Å²) in [6.45, 7) is 12.7. The van der Waals surface area contributed by atoms with Crippen molar-refractivity contribution in [2.75, 3.05) is 59.6 Å². The summed E-state index contributed by atoms with van der Waals surface area (Å²) in [5.74, 6) is 0.911. The predicted octanol–water partition coefficient (Wildman–Crippen LogP) is 2.75. The molecule has 1 N–H and O–H groups in total. The molecule has 170 valence electrons. The van der Waals surface area contributed by atoms with E-state index in [0.717, 1.165) is 45.4 Å². The molecule has 0 saturated carbocycles. The maximum Gasteiger partial charge on any atom is 0.310 e. The van der Waals surface area contributed by atoms with Gasteiger partial charge in [-0.25, -0.2) is 0 Å². The lowest BCUT2D eigenvalue weighted by atomic mass is 9.99. The highest BCUT2D eigenvalue weighted by Gasteiger charge is 2.37. The molecule has 30 heavy (non-hydrogen) atoms. The Kier molecular flexibility index (Phi) is 10.3. The van der Waals surface area contributed by atoms with E-state index in [9.17, 15) is 4.79 Å². The van der Waals surface area contributed by atoms with Crippen LogP contribution >= 0.6 is 35.3 Å². The van der Waals surface area contributed by atoms with Gasteiger partial charge in [0.1, 0.15) is 0 Å². The van der Waals surface area contributed by atoms with Gasteiger partial charge in [0, 0.05) is 42.5 Å². The first kappa shape index (κ1) is 25.4. The molecule has 3 rings (SSSR count). The second-order valence-corrected chi connectivity index (χ2v) is 9.14. The Labute approximate surface area is 201 Å². The van der Waals surface area contributed by atoms with Crippen molar-refractivity contribution in [1.29, 1.82) is 0 Å². The van der Waals surface area contributed by atoms with Crippen LogP contribution < -0.4 is 5.32 Å². The third-order valence-electron chi connectivity index (χ3n) is 5.74. The smallest absolute Gasteiger partial charge is 0.310 e. The van der Waals surface area contributed by atoms with Crippen LogP contribution in [0.15, 0.2) is 17.1 Å². The zero-order valence-corrected chi connectivity index (χ0v) is 21.6. The van der Waals surface area contributed by atoms with Gasteiger partial charge in [0.25, 0.3) is 0 Å². The number of likely N-dealkylation sites (tertiary alicyclic amines) is 1. The van der Waals surface area contributed by atoms with Gasteiger partial charge in [0.2, 0.25) is 0 Å². The number of rotatable bonds is 6. The van der Waals surface area contributed by atoms with Crippen LogP contribution in [-0.4, -0.2) is 81.3 Å². The van der Waals surface area contributed by atoms with Crippen LogP contribution in [0.4, 0.5) is 0 Å². The van der Waals surface area contributed by atoms with Gasteiger partial charge in [-0.3, -0.25) is 14.7 Å². The number of thiophene rings is 1. The van der Waals surface area contributed by atoms with E-state index >= 15 is 0 Å². The number of nitrogens with zero attached hydrogens (tertiary/aromatic N) is 3. The minimum atomic E-state index is -0.129. The van der Waals surface area contributed by atoms with E-state index in [1.165, 1.54) is 16.9 Å². The highest BCUT2D eigenvalue weighted by atomic mass is 127. The maximum absolute atomic E-state index is 12.1. The number of aryl methyl sites for hydroxylation is 1. The van der Waals surface area contributed by atoms with Gasteiger partial charge in [-0.1, -0.05) is 6.92 Å². The zero-order chi connectivity index (χ0) is 20.8. The molecule has 3 unspecified atom stereocenters. The number of carbonyl (C=O) groups excluding carboxylic acids is 1. The average molecular weight is 551 g/mol. The Bertz CT molecular complexity index is 708. The Morgan fingerprint density at radius 2 is 2.10 bits per heavy atom. The summed E-state index contributed by atoms with van der Waals surface area (Å²) < 4.78 is 10.5. The van der Waals surface area contributed by atoms with E-state index in [1.807, 2.05) is 11.3 Å². The Balaban J connectivity index is 0.00000320. The lowest BCUT2D eigenvalue weighted by molar-refractivity contribution is -0.145. The summed E-state index contributed by atoms with van der Waals surface area (Å²) in [5, 5.41) is 3.42. The Morgan fingerprint density at radius 3 is 2.70 bits per heavy atom. The monoisotopic (exact) mass is 550 g/mol. The molecule has 0 spiro atoms. The first-order valence-corrected chi connectivity index (χ1v) is 11.3. The largest absolute Gasteiger partial charge is 0.469 e. The van der Waals surface area contributed by atoms with Crippen LogP contribution in [0.25, 0.3) is 0 Å². The molecule has 1 aromatic heterocycles. The summed E-state index contributed by atoms with van der Waals surface area (Å²) >= 11 is 1.85. The number of methoxy groups -OCH3 is 1. The number of hydrogen-bond donors (Lipinski definition) is 1. The molecule has 0 aromatic carbocycles. The fourth-order valence-corrected chi connectivity index (χ4v) is 5.11. The van der Waals surface area contributed by atoms with E-state index < -0.39 is 0 Å². The second kappa shape index (κ2) is 12.2. The fraction of sp³-hybridized carbons (Fsp3) is 0.714. The van der Waals surface area contributed by atoms with Crippen LogP contribution in [0, 0.1) is 18.8 Å². The van der Waals surface area contributed by atoms with Crippen molar-refractivity contribution in [3.63, 3.8) is 0 Å². The van der Waals surface area contributed by atoms with E-state index in [2.05, 4.69) is 48.0 Å². The van der Waals surface area contributed by atoms with Crippen LogP contribution in [0.1, 0.15) is 29.6 Å². The fourth-order valence-electron chi connectivity index (χ4n) is 4.10. The van der Waals surface area contributed by atoms with Gasteiger partial charge in [0.05, 0.1) is 38.8 Å². The molecule has 3 atom stereocenters. The number of ether oxygens (including phenoxy) is 2. The number of nitrogens with one attached hydrogen (secondary N) is 1. The maximum atomic E-state index is 12.1. The minimum Gasteiger partial charge on any atom is -0.469 e. The number of aliphatic imine (C=N–C) groups is 1. The van der Waals surface area contributed by atoms with Gasteiger partial charge in [-0.15, -0.1) is 35.3 Å². The molecule has 9 heteroatoms. The summed E-state index contributed by atoms with van der Waals surface area (Å²) in [7, 11) is 1.47. The molecule has 0 bridgehead atoms. The minimum absolute atomic E-state index is 0. The average Bonchev–Trinajstić information content (AvgIpc) is 3.33. The zero-order valence-electron chi connectivity index (χ0n) is 18.4. The molecule has 0 amide bonds. The lowest BCUT2D eigenvalue weighted by Crippen LogP contribution is -2.43. The van der Waals surface area contributed by atoms with Gasteiger partial charge in [-0.2, -0.15) is 0 Å². The van der Waals surface area contributed by atoms with E-state index in [4.69, 9.17) is 14.5 Å². The summed E-state index contributed by atoms with van der Waals surface area (Å²) in [6.07, 6.45) is 0. The summed E-state index contributed by atoms with van der Waals surface area (Å²) in [6, 6.07) is 4.67. The topological polar surface area (TPSA) is 66.4 Å². The van der Waals surface area contributed by atoms with Crippen molar-refractivity contribution >= 4 is 47.2 Å². The van der Waals surface area contributed by atoms with Crippen molar-refractivity contribution in [3.05, 3.63) is 21.9 Å². The number of morpholine rings is 1. The predicted molar refractivity (Wildman–Crippen MR) is 132 cm³/mol. The quantitative estimate of drug-likeness (QED) is 0.255. The molecule has 1 aromatic rings. The van der Waals surface area contributed by atoms with Crippen molar-refractivity contribution in [1.82, 2.24) is 15.1 Å². The normalized spacial score (nSPS) is 23.7. The third-order valence-corrected chi connectivity index (χ3v) is 6.84. The third kappa shape index (κ3) is 6.30. The van der Waals surface area contributed by atoms with Crippen molar-refractivity contribution in [3.8, 4) is 0 Å². The molecular formula is C21H35IN4O3S. The lowest BCUT2D eigenvalue weighted by Gasteiger charge is -2.33. The molecule has 2 saturated heterocycles. The van der Waals surface area contributed by atoms with Crippen molar-refractivity contribution in [2.24, 2.45) is 16.8 Å². The van der Waals surface area contributed by atoms with Crippen LogP contribution in [0.2, 0.25) is 0 Å². The number of carbonyl (C=O) groups is 1. The molecule has 0 aliphatic carbocycles. The van der Waals surface area contributed by atoms with Gasteiger partial charge in [-0.05, 0) is 31.9 Å². The SMILES string of the molecule is CCNC(=NCC(c1ccc(C)s1)N1CCOCC1)N1CC(C)C(C(=O)OC)C1.I. The van der Waals surface area contributed by atoms with Crippen LogP contribution in [0.3, 0.4) is 0 Å². The highest BCUT2D eigenvalue weighted by Crippen LogP contribution is 2.29. The molecule has 2 fully saturated rings. The van der Waals surface area contributed by atoms with Gasteiger partial charge >= 0.3 is 5.97 Å². The molecule has 0 radical (unpaired) electrons. The Hall–Kier alpha value is -0.910. The molecule has 7 nitrogen and oxygen atoms in total. The number of guanidine groups is 1. The number of halogens is 1. The summed E-state index contributed by atoms with van der Waals surface area (Å²) in [5.41, 5.74) is 0. The Morgan fingerprint density at radius 1 is 1.37 bits per heavy atom. The standard InChI is InChI=1S/C21H34N4O3S.HI/c1-5-22-21(25-13-15(2)17(14-25)20(26)27-4)23-12-18(19-7-6-16(3)29-19)24-8-10-28-11-9-24;/h6-7,15,17-18H,5,8-14H2,1-4H3,(H,22,23);1H. The summed E-state index contributed by atoms with van der Waals surface area (Å²) in [4.78, 5) is 24.5. The molecular weight excluding hydrogens is 515 g/mol. The molecule has 3 heterocycles. The molecule has 2 aliphatic heterocycles. The first-order valence-electron chi connectivity index (χ1n) is 10.5. The van der Waals surface area contributed by atoms with E-state index in [-0.39, 0.29) is 47.8 Å². The van der Waals surface area contributed by atoms with Crippen LogP contribution in [0.5, 0.6) is 0 Å². The van der Waals surface area contributed by atoms with Crippen LogP contribution in [-0.2, 0) is 14.3 Å². The second-order valence-electron chi connectivity index (χ2n) is 7.82. The van der Waals surface area contributed by atoms with E-state index in [0.29, 0.717) is 13.1 Å². The van der Waals surface area contributed by atoms with Crippen molar-refractivity contribution in [2.45, 2.75) is 26.8 Å². The van der Waals surface area contributed by atoms with E-state index in [1.54, 1.807) is 0 Å². The van der Waals surface area contributed by atoms with Gasteiger partial charge < -0.3 is 19.7 Å². The first-order chi connectivity index (χ1) is 14.0. The number of esters is 1. The van der Waals surface area contributed by atoms with Gasteiger partial charge in [0.15, 0.2) is 5.96 Å². The highest BCUT2D eigenvalue weighted by molar-refractivity contribution is 14.0. The van der Waals surface area contributed by atoms with Crippen molar-refractivity contribution < 1.29 is 14.3 Å².